The fraction of sp³-hybridized carbons (Fsp3) is 0.571. The number of benzene rings is 1. The van der Waals surface area contributed by atoms with Crippen molar-refractivity contribution in [1.82, 2.24) is 4.90 Å². The average Bonchev–Trinajstić information content (AvgIpc) is 2.35. The highest BCUT2D eigenvalue weighted by Crippen LogP contribution is 2.27. The summed E-state index contributed by atoms with van der Waals surface area (Å²) in [6.07, 6.45) is 2.16. The molecule has 1 rings (SSSR count). The highest BCUT2D eigenvalue weighted by atomic mass is 35.5. The monoisotopic (exact) mass is 272 g/mol. The van der Waals surface area contributed by atoms with Gasteiger partial charge in [0, 0.05) is 24.2 Å². The van der Waals surface area contributed by atoms with Crippen LogP contribution >= 0.6 is 11.6 Å². The summed E-state index contributed by atoms with van der Waals surface area (Å²) in [6.45, 7) is 4.65. The average molecular weight is 273 g/mol. The molecule has 0 heterocycles. The molecule has 0 aliphatic carbocycles. The molecule has 18 heavy (non-hydrogen) atoms. The van der Waals surface area contributed by atoms with E-state index in [9.17, 15) is 4.39 Å². The predicted octanol–water partition coefficient (Wildman–Crippen LogP) is 3.60. The van der Waals surface area contributed by atoms with E-state index in [1.807, 2.05) is 7.05 Å². The fourth-order valence-corrected chi connectivity index (χ4v) is 2.40. The first-order chi connectivity index (χ1) is 8.52. The molecular weight excluding hydrogens is 251 g/mol. The molecule has 0 aromatic heterocycles. The van der Waals surface area contributed by atoms with Crippen LogP contribution in [0.1, 0.15) is 38.3 Å². The number of nitrogens with two attached hydrogens (primary N) is 1. The molecule has 1 aromatic carbocycles. The van der Waals surface area contributed by atoms with Crippen LogP contribution in [0.15, 0.2) is 18.2 Å². The first kappa shape index (κ1) is 15.4. The molecule has 0 aliphatic heterocycles. The molecule has 0 fully saturated rings. The van der Waals surface area contributed by atoms with Crippen molar-refractivity contribution < 1.29 is 4.39 Å². The summed E-state index contributed by atoms with van der Waals surface area (Å²) in [5, 5.41) is 0.155. The quantitative estimate of drug-likeness (QED) is 0.857. The van der Waals surface area contributed by atoms with E-state index >= 15 is 0 Å². The van der Waals surface area contributed by atoms with Crippen LogP contribution in [-0.2, 0) is 0 Å². The van der Waals surface area contributed by atoms with Gasteiger partial charge in [0.2, 0.25) is 0 Å². The summed E-state index contributed by atoms with van der Waals surface area (Å²) >= 11 is 5.83. The third kappa shape index (κ3) is 3.44. The second-order valence-electron chi connectivity index (χ2n) is 4.70. The maximum absolute atomic E-state index is 14.0. The van der Waals surface area contributed by atoms with Gasteiger partial charge in [0.25, 0.3) is 0 Å². The Balaban J connectivity index is 2.98. The molecular formula is C14H22ClFN2. The lowest BCUT2D eigenvalue weighted by atomic mass is 10.0. The zero-order chi connectivity index (χ0) is 13.7. The molecule has 0 radical (unpaired) electrons. The molecule has 2 atom stereocenters. The summed E-state index contributed by atoms with van der Waals surface area (Å²) < 4.78 is 14.0. The van der Waals surface area contributed by atoms with Gasteiger partial charge in [-0.1, -0.05) is 37.1 Å². The Morgan fingerprint density at radius 3 is 2.67 bits per heavy atom. The van der Waals surface area contributed by atoms with Gasteiger partial charge in [-0.15, -0.1) is 0 Å². The molecule has 0 spiro atoms. The van der Waals surface area contributed by atoms with Crippen molar-refractivity contribution in [2.45, 2.75) is 38.8 Å². The van der Waals surface area contributed by atoms with Crippen molar-refractivity contribution in [2.75, 3.05) is 13.6 Å². The molecule has 0 saturated carbocycles. The third-order valence-corrected chi connectivity index (χ3v) is 3.75. The second-order valence-corrected chi connectivity index (χ2v) is 5.10. The van der Waals surface area contributed by atoms with Crippen LogP contribution in [0.4, 0.5) is 4.39 Å². The van der Waals surface area contributed by atoms with E-state index in [2.05, 4.69) is 18.7 Å². The number of hydrogen-bond acceptors (Lipinski definition) is 2. The lowest BCUT2D eigenvalue weighted by Crippen LogP contribution is -2.37. The Hall–Kier alpha value is -0.640. The van der Waals surface area contributed by atoms with Crippen molar-refractivity contribution in [3.8, 4) is 0 Å². The summed E-state index contributed by atoms with van der Waals surface area (Å²) in [4.78, 5) is 2.12. The Morgan fingerprint density at radius 1 is 1.44 bits per heavy atom. The first-order valence-electron chi connectivity index (χ1n) is 6.38. The Bertz CT molecular complexity index is 384. The summed E-state index contributed by atoms with van der Waals surface area (Å²) in [5.41, 5.74) is 6.39. The SMILES string of the molecule is CCCC(C)N(C)C(CN)c1cccc(Cl)c1F. The minimum absolute atomic E-state index is 0.134. The van der Waals surface area contributed by atoms with Gasteiger partial charge in [0.05, 0.1) is 5.02 Å². The molecule has 4 heteroatoms. The van der Waals surface area contributed by atoms with Crippen molar-refractivity contribution in [2.24, 2.45) is 5.73 Å². The van der Waals surface area contributed by atoms with Crippen LogP contribution in [0.5, 0.6) is 0 Å². The van der Waals surface area contributed by atoms with Gasteiger partial charge in [-0.2, -0.15) is 0 Å². The van der Waals surface area contributed by atoms with Gasteiger partial charge < -0.3 is 5.73 Å². The van der Waals surface area contributed by atoms with Crippen molar-refractivity contribution >= 4 is 11.6 Å². The maximum Gasteiger partial charge on any atom is 0.146 e. The standard InChI is InChI=1S/C14H22ClFN2/c1-4-6-10(2)18(3)13(9-17)11-7-5-8-12(15)14(11)16/h5,7-8,10,13H,4,6,9,17H2,1-3H3. The van der Waals surface area contributed by atoms with E-state index in [0.717, 1.165) is 12.8 Å². The van der Waals surface area contributed by atoms with Gasteiger partial charge in [-0.25, -0.2) is 4.39 Å². The van der Waals surface area contributed by atoms with Crippen LogP contribution in [-0.4, -0.2) is 24.5 Å². The summed E-state index contributed by atoms with van der Waals surface area (Å²) in [7, 11) is 1.98. The normalized spacial score (nSPS) is 14.8. The highest BCUT2D eigenvalue weighted by molar-refractivity contribution is 6.30. The van der Waals surface area contributed by atoms with Gasteiger partial charge in [0.1, 0.15) is 5.82 Å². The van der Waals surface area contributed by atoms with E-state index in [-0.39, 0.29) is 16.9 Å². The minimum atomic E-state index is -0.356. The van der Waals surface area contributed by atoms with Crippen LogP contribution in [0.2, 0.25) is 5.02 Å². The lowest BCUT2D eigenvalue weighted by molar-refractivity contribution is 0.176. The smallest absolute Gasteiger partial charge is 0.146 e. The van der Waals surface area contributed by atoms with Crippen LogP contribution < -0.4 is 5.73 Å². The fourth-order valence-electron chi connectivity index (χ4n) is 2.22. The molecule has 2 nitrogen and oxygen atoms in total. The second kappa shape index (κ2) is 7.07. The van der Waals surface area contributed by atoms with Gasteiger partial charge >= 0.3 is 0 Å². The van der Waals surface area contributed by atoms with Crippen molar-refractivity contribution in [1.29, 1.82) is 0 Å². The molecule has 2 N–H and O–H groups in total. The Kier molecular flexibility index (Phi) is 6.06. The van der Waals surface area contributed by atoms with E-state index in [4.69, 9.17) is 17.3 Å². The van der Waals surface area contributed by atoms with E-state index in [1.165, 1.54) is 0 Å². The Labute approximate surface area is 114 Å². The number of rotatable bonds is 6. The van der Waals surface area contributed by atoms with Gasteiger partial charge in [0.15, 0.2) is 0 Å². The Morgan fingerprint density at radius 2 is 2.11 bits per heavy atom. The maximum atomic E-state index is 14.0. The van der Waals surface area contributed by atoms with Crippen LogP contribution in [0, 0.1) is 5.82 Å². The zero-order valence-electron chi connectivity index (χ0n) is 11.3. The molecule has 1 aromatic rings. The molecule has 2 unspecified atom stereocenters. The number of halogens is 2. The van der Waals surface area contributed by atoms with Gasteiger partial charge in [-0.05, 0) is 26.5 Å². The molecule has 0 bridgehead atoms. The summed E-state index contributed by atoms with van der Waals surface area (Å²) in [6, 6.07) is 5.31. The number of hydrogen-bond donors (Lipinski definition) is 1. The van der Waals surface area contributed by atoms with Crippen molar-refractivity contribution in [3.05, 3.63) is 34.6 Å². The first-order valence-corrected chi connectivity index (χ1v) is 6.76. The molecule has 0 aliphatic rings. The van der Waals surface area contributed by atoms with Gasteiger partial charge in [-0.3, -0.25) is 4.90 Å². The van der Waals surface area contributed by atoms with Crippen LogP contribution in [0.3, 0.4) is 0 Å². The molecule has 0 amide bonds. The zero-order valence-corrected chi connectivity index (χ0v) is 12.0. The lowest BCUT2D eigenvalue weighted by Gasteiger charge is -2.33. The topological polar surface area (TPSA) is 29.3 Å². The molecule has 102 valence electrons. The van der Waals surface area contributed by atoms with Crippen molar-refractivity contribution in [3.63, 3.8) is 0 Å². The van der Waals surface area contributed by atoms with E-state index in [1.54, 1.807) is 18.2 Å². The predicted molar refractivity (Wildman–Crippen MR) is 75.3 cm³/mol. The molecule has 0 saturated heterocycles. The van der Waals surface area contributed by atoms with Crippen LogP contribution in [0.25, 0.3) is 0 Å². The highest BCUT2D eigenvalue weighted by Gasteiger charge is 2.23. The van der Waals surface area contributed by atoms with E-state index < -0.39 is 0 Å². The number of likely N-dealkylation sites (N-methyl/N-ethyl adjacent to an activating group) is 1. The van der Waals surface area contributed by atoms with E-state index in [0.29, 0.717) is 18.2 Å². The largest absolute Gasteiger partial charge is 0.329 e. The number of nitrogens with zero attached hydrogens (tertiary/aromatic N) is 1. The summed E-state index contributed by atoms with van der Waals surface area (Å²) in [5.74, 6) is -0.356. The minimum Gasteiger partial charge on any atom is -0.329 e. The third-order valence-electron chi connectivity index (χ3n) is 3.46.